The summed E-state index contributed by atoms with van der Waals surface area (Å²) in [5, 5.41) is 2.77. The second-order valence-corrected chi connectivity index (χ2v) is 6.65. The fourth-order valence-electron chi connectivity index (χ4n) is 3.09. The van der Waals surface area contributed by atoms with Crippen LogP contribution in [0.4, 0.5) is 5.69 Å². The number of anilines is 1. The minimum Gasteiger partial charge on any atom is -0.320 e. The summed E-state index contributed by atoms with van der Waals surface area (Å²) in [5.41, 5.74) is 3.47. The molecule has 0 aliphatic rings. The van der Waals surface area contributed by atoms with Gasteiger partial charge in [0.15, 0.2) is 5.69 Å². The Morgan fingerprint density at radius 1 is 0.929 bits per heavy atom. The number of hydrogen-bond donors (Lipinski definition) is 1. The van der Waals surface area contributed by atoms with Crippen LogP contribution >= 0.6 is 0 Å². The number of aryl methyl sites for hydroxylation is 1. The van der Waals surface area contributed by atoms with Gasteiger partial charge >= 0.3 is 0 Å². The van der Waals surface area contributed by atoms with E-state index in [1.54, 1.807) is 22.8 Å². The Kier molecular flexibility index (Phi) is 4.72. The Bertz CT molecular complexity index is 1200. The summed E-state index contributed by atoms with van der Waals surface area (Å²) < 4.78 is 1.60. The summed E-state index contributed by atoms with van der Waals surface area (Å²) in [7, 11) is 0. The van der Waals surface area contributed by atoms with Gasteiger partial charge in [-0.1, -0.05) is 60.2 Å². The number of hydrogen-bond acceptors (Lipinski definition) is 3. The lowest BCUT2D eigenvalue weighted by Crippen LogP contribution is -2.31. The van der Waals surface area contributed by atoms with E-state index in [0.717, 1.165) is 11.1 Å². The molecule has 0 bridgehead atoms. The highest BCUT2D eigenvalue weighted by molar-refractivity contribution is 6.03. The van der Waals surface area contributed by atoms with Crippen molar-refractivity contribution in [3.8, 4) is 0 Å². The predicted molar refractivity (Wildman–Crippen MR) is 111 cm³/mol. The summed E-state index contributed by atoms with van der Waals surface area (Å²) in [4.78, 5) is 30.2. The SMILES string of the molecule is Cc1ccc(NC(=O)c2nc3ccccc3n(Cc3ccccc3)c2=O)cc1. The van der Waals surface area contributed by atoms with Crippen molar-refractivity contribution in [3.63, 3.8) is 0 Å². The number of rotatable bonds is 4. The van der Waals surface area contributed by atoms with Gasteiger partial charge in [0.25, 0.3) is 11.5 Å². The fraction of sp³-hybridized carbons (Fsp3) is 0.0870. The number of aromatic nitrogens is 2. The maximum atomic E-state index is 13.1. The highest BCUT2D eigenvalue weighted by Gasteiger charge is 2.18. The maximum absolute atomic E-state index is 13.1. The number of para-hydroxylation sites is 2. The smallest absolute Gasteiger partial charge is 0.283 e. The fourth-order valence-corrected chi connectivity index (χ4v) is 3.09. The van der Waals surface area contributed by atoms with E-state index in [-0.39, 0.29) is 5.69 Å². The summed E-state index contributed by atoms with van der Waals surface area (Å²) >= 11 is 0. The van der Waals surface area contributed by atoms with Gasteiger partial charge in [-0.2, -0.15) is 0 Å². The predicted octanol–water partition coefficient (Wildman–Crippen LogP) is 4.01. The molecule has 3 aromatic carbocycles. The molecule has 5 nitrogen and oxygen atoms in total. The normalized spacial score (nSPS) is 10.8. The molecule has 0 spiro atoms. The third-order valence-corrected chi connectivity index (χ3v) is 4.56. The molecule has 1 heterocycles. The zero-order valence-electron chi connectivity index (χ0n) is 15.4. The Labute approximate surface area is 162 Å². The lowest BCUT2D eigenvalue weighted by molar-refractivity contribution is 0.102. The highest BCUT2D eigenvalue weighted by atomic mass is 16.2. The molecule has 0 aliphatic heterocycles. The average Bonchev–Trinajstić information content (AvgIpc) is 2.72. The molecule has 0 saturated carbocycles. The molecular formula is C23H19N3O2. The molecule has 5 heteroatoms. The topological polar surface area (TPSA) is 64.0 Å². The zero-order valence-corrected chi connectivity index (χ0v) is 15.4. The van der Waals surface area contributed by atoms with Crippen LogP contribution in [0.1, 0.15) is 21.6 Å². The van der Waals surface area contributed by atoms with E-state index >= 15 is 0 Å². The largest absolute Gasteiger partial charge is 0.320 e. The number of fused-ring (bicyclic) bond motifs is 1. The summed E-state index contributed by atoms with van der Waals surface area (Å²) in [6.07, 6.45) is 0. The Morgan fingerprint density at radius 3 is 2.36 bits per heavy atom. The van der Waals surface area contributed by atoms with Gasteiger partial charge in [0.05, 0.1) is 17.6 Å². The van der Waals surface area contributed by atoms with Crippen molar-refractivity contribution in [2.45, 2.75) is 13.5 Å². The number of carbonyl (C=O) groups excluding carboxylic acids is 1. The second kappa shape index (κ2) is 7.48. The van der Waals surface area contributed by atoms with Crippen LogP contribution in [0, 0.1) is 6.92 Å². The second-order valence-electron chi connectivity index (χ2n) is 6.65. The molecule has 0 saturated heterocycles. The first-order valence-electron chi connectivity index (χ1n) is 9.03. The minimum atomic E-state index is -0.513. The number of nitrogens with one attached hydrogen (secondary N) is 1. The maximum Gasteiger partial charge on any atom is 0.283 e. The molecule has 0 radical (unpaired) electrons. The molecule has 28 heavy (non-hydrogen) atoms. The molecular weight excluding hydrogens is 350 g/mol. The van der Waals surface area contributed by atoms with E-state index in [2.05, 4.69) is 10.3 Å². The van der Waals surface area contributed by atoms with Crippen molar-refractivity contribution < 1.29 is 4.79 Å². The third kappa shape index (κ3) is 3.55. The average molecular weight is 369 g/mol. The Balaban J connectivity index is 1.78. The zero-order chi connectivity index (χ0) is 19.5. The van der Waals surface area contributed by atoms with E-state index in [0.29, 0.717) is 23.3 Å². The van der Waals surface area contributed by atoms with E-state index in [4.69, 9.17) is 0 Å². The van der Waals surface area contributed by atoms with Gasteiger partial charge in [-0.05, 0) is 36.8 Å². The van der Waals surface area contributed by atoms with Gasteiger partial charge in [-0.25, -0.2) is 4.98 Å². The molecule has 0 aliphatic carbocycles. The summed E-state index contributed by atoms with van der Waals surface area (Å²) in [5.74, 6) is -0.513. The number of nitrogens with zero attached hydrogens (tertiary/aromatic N) is 2. The first-order valence-corrected chi connectivity index (χ1v) is 9.03. The van der Waals surface area contributed by atoms with Crippen LogP contribution in [0.25, 0.3) is 11.0 Å². The van der Waals surface area contributed by atoms with Crippen LogP contribution < -0.4 is 10.9 Å². The van der Waals surface area contributed by atoms with Crippen molar-refractivity contribution in [1.82, 2.24) is 9.55 Å². The first-order chi connectivity index (χ1) is 13.6. The van der Waals surface area contributed by atoms with Crippen molar-refractivity contribution >= 4 is 22.6 Å². The highest BCUT2D eigenvalue weighted by Crippen LogP contribution is 2.14. The quantitative estimate of drug-likeness (QED) is 0.591. The monoisotopic (exact) mass is 369 g/mol. The van der Waals surface area contributed by atoms with E-state index in [1.807, 2.05) is 67.6 Å². The van der Waals surface area contributed by atoms with Gasteiger partial charge < -0.3 is 9.88 Å². The molecule has 0 fully saturated rings. The molecule has 4 aromatic rings. The minimum absolute atomic E-state index is 0.116. The summed E-state index contributed by atoms with van der Waals surface area (Å²) in [6, 6.07) is 24.4. The van der Waals surface area contributed by atoms with Gasteiger partial charge in [-0.15, -0.1) is 0 Å². The van der Waals surface area contributed by atoms with Crippen LogP contribution in [0.2, 0.25) is 0 Å². The van der Waals surface area contributed by atoms with Gasteiger partial charge in [0.2, 0.25) is 0 Å². The van der Waals surface area contributed by atoms with Crippen LogP contribution in [-0.2, 0) is 6.54 Å². The Morgan fingerprint density at radius 2 is 1.61 bits per heavy atom. The lowest BCUT2D eigenvalue weighted by Gasteiger charge is -2.12. The van der Waals surface area contributed by atoms with Crippen LogP contribution in [0.3, 0.4) is 0 Å². The van der Waals surface area contributed by atoms with E-state index in [9.17, 15) is 9.59 Å². The van der Waals surface area contributed by atoms with Crippen LogP contribution in [0.5, 0.6) is 0 Å². The first kappa shape index (κ1) is 17.7. The van der Waals surface area contributed by atoms with E-state index < -0.39 is 11.5 Å². The van der Waals surface area contributed by atoms with Crippen LogP contribution in [0.15, 0.2) is 83.7 Å². The number of carbonyl (C=O) groups is 1. The van der Waals surface area contributed by atoms with Crippen molar-refractivity contribution in [3.05, 3.63) is 106 Å². The lowest BCUT2D eigenvalue weighted by atomic mass is 10.2. The summed E-state index contributed by atoms with van der Waals surface area (Å²) in [6.45, 7) is 2.34. The van der Waals surface area contributed by atoms with Crippen molar-refractivity contribution in [2.75, 3.05) is 5.32 Å². The molecule has 1 aromatic heterocycles. The molecule has 1 N–H and O–H groups in total. The van der Waals surface area contributed by atoms with Crippen molar-refractivity contribution in [2.24, 2.45) is 0 Å². The molecule has 0 unspecified atom stereocenters. The number of amides is 1. The molecule has 0 atom stereocenters. The van der Waals surface area contributed by atoms with Gasteiger partial charge in [-0.3, -0.25) is 9.59 Å². The molecule has 4 rings (SSSR count). The van der Waals surface area contributed by atoms with Crippen LogP contribution in [-0.4, -0.2) is 15.5 Å². The molecule has 138 valence electrons. The van der Waals surface area contributed by atoms with Gasteiger partial charge in [0, 0.05) is 5.69 Å². The van der Waals surface area contributed by atoms with Crippen molar-refractivity contribution in [1.29, 1.82) is 0 Å². The standard InChI is InChI=1S/C23H19N3O2/c1-16-11-13-18(14-12-16)24-22(27)21-23(28)26(15-17-7-3-2-4-8-17)20-10-6-5-9-19(20)25-21/h2-14H,15H2,1H3,(H,24,27). The number of benzene rings is 3. The Hall–Kier alpha value is -3.73. The van der Waals surface area contributed by atoms with E-state index in [1.165, 1.54) is 0 Å². The van der Waals surface area contributed by atoms with Gasteiger partial charge in [0.1, 0.15) is 0 Å². The third-order valence-electron chi connectivity index (χ3n) is 4.56. The molecule has 1 amide bonds.